The van der Waals surface area contributed by atoms with E-state index in [9.17, 15) is 0 Å². The molecule has 0 aromatic heterocycles. The van der Waals surface area contributed by atoms with Crippen LogP contribution in [0.4, 0.5) is 0 Å². The standard InChI is InChI=1S/C10H21NOS/c1-9(8-13-2)6-11-10-4-3-5-12-7-10/h9-11H,3-8H2,1-2H3. The highest BCUT2D eigenvalue weighted by Gasteiger charge is 2.13. The van der Waals surface area contributed by atoms with Crippen LogP contribution in [0.1, 0.15) is 19.8 Å². The van der Waals surface area contributed by atoms with Crippen LogP contribution in [0.15, 0.2) is 0 Å². The zero-order valence-corrected chi connectivity index (χ0v) is 9.53. The van der Waals surface area contributed by atoms with Crippen LogP contribution in [0.2, 0.25) is 0 Å². The lowest BCUT2D eigenvalue weighted by Gasteiger charge is -2.24. The zero-order chi connectivity index (χ0) is 9.52. The average Bonchev–Trinajstić information content (AvgIpc) is 2.17. The molecule has 3 heteroatoms. The Labute approximate surface area is 85.8 Å². The summed E-state index contributed by atoms with van der Waals surface area (Å²) in [4.78, 5) is 0. The Morgan fingerprint density at radius 3 is 3.08 bits per heavy atom. The Bertz CT molecular complexity index is 126. The molecule has 2 nitrogen and oxygen atoms in total. The second-order valence-corrected chi connectivity index (χ2v) is 4.79. The van der Waals surface area contributed by atoms with Gasteiger partial charge in [0, 0.05) is 12.6 Å². The summed E-state index contributed by atoms with van der Waals surface area (Å²) in [6, 6.07) is 0.609. The minimum Gasteiger partial charge on any atom is -0.380 e. The van der Waals surface area contributed by atoms with Gasteiger partial charge in [0.1, 0.15) is 0 Å². The van der Waals surface area contributed by atoms with Gasteiger partial charge in [0.2, 0.25) is 0 Å². The molecule has 0 aliphatic carbocycles. The van der Waals surface area contributed by atoms with E-state index < -0.39 is 0 Å². The average molecular weight is 203 g/mol. The molecule has 0 saturated carbocycles. The lowest BCUT2D eigenvalue weighted by Crippen LogP contribution is -2.39. The molecule has 0 amide bonds. The fourth-order valence-electron chi connectivity index (χ4n) is 1.61. The van der Waals surface area contributed by atoms with E-state index in [1.807, 2.05) is 11.8 Å². The Morgan fingerprint density at radius 1 is 1.62 bits per heavy atom. The molecule has 78 valence electrons. The van der Waals surface area contributed by atoms with Crippen molar-refractivity contribution in [2.45, 2.75) is 25.8 Å². The van der Waals surface area contributed by atoms with Crippen LogP contribution < -0.4 is 5.32 Å². The summed E-state index contributed by atoms with van der Waals surface area (Å²) in [6.07, 6.45) is 4.67. The van der Waals surface area contributed by atoms with Crippen LogP contribution in [0, 0.1) is 5.92 Å². The molecule has 2 atom stereocenters. The van der Waals surface area contributed by atoms with Crippen LogP contribution in [0.5, 0.6) is 0 Å². The van der Waals surface area contributed by atoms with E-state index in [0.717, 1.165) is 25.7 Å². The summed E-state index contributed by atoms with van der Waals surface area (Å²) in [5.41, 5.74) is 0. The Kier molecular flexibility index (Phi) is 5.83. The monoisotopic (exact) mass is 203 g/mol. The van der Waals surface area contributed by atoms with Gasteiger partial charge in [-0.05, 0) is 37.3 Å². The van der Waals surface area contributed by atoms with Crippen molar-refractivity contribution in [3.8, 4) is 0 Å². The van der Waals surface area contributed by atoms with Crippen LogP contribution in [0.3, 0.4) is 0 Å². The minimum absolute atomic E-state index is 0.609. The molecule has 1 heterocycles. The van der Waals surface area contributed by atoms with Gasteiger partial charge in [0.05, 0.1) is 6.61 Å². The molecule has 1 aliphatic heterocycles. The van der Waals surface area contributed by atoms with E-state index in [4.69, 9.17) is 4.74 Å². The van der Waals surface area contributed by atoms with E-state index in [2.05, 4.69) is 18.5 Å². The largest absolute Gasteiger partial charge is 0.380 e. The van der Waals surface area contributed by atoms with Crippen molar-refractivity contribution < 1.29 is 4.74 Å². The van der Waals surface area contributed by atoms with Crippen molar-refractivity contribution in [1.29, 1.82) is 0 Å². The number of thioether (sulfide) groups is 1. The second-order valence-electron chi connectivity index (χ2n) is 3.88. The molecule has 0 radical (unpaired) electrons. The lowest BCUT2D eigenvalue weighted by atomic mass is 10.1. The van der Waals surface area contributed by atoms with Crippen LogP contribution >= 0.6 is 11.8 Å². The van der Waals surface area contributed by atoms with Crippen LogP contribution in [0.25, 0.3) is 0 Å². The molecule has 0 aromatic rings. The molecule has 13 heavy (non-hydrogen) atoms. The van der Waals surface area contributed by atoms with Gasteiger partial charge in [-0.3, -0.25) is 0 Å². The molecule has 1 rings (SSSR count). The summed E-state index contributed by atoms with van der Waals surface area (Å²) in [5.74, 6) is 2.03. The topological polar surface area (TPSA) is 21.3 Å². The van der Waals surface area contributed by atoms with Gasteiger partial charge < -0.3 is 10.1 Å². The normalized spacial score (nSPS) is 25.8. The first kappa shape index (κ1) is 11.3. The maximum absolute atomic E-state index is 5.41. The predicted molar refractivity (Wildman–Crippen MR) is 59.4 cm³/mol. The molecular weight excluding hydrogens is 182 g/mol. The van der Waals surface area contributed by atoms with E-state index >= 15 is 0 Å². The number of hydrogen-bond donors (Lipinski definition) is 1. The third kappa shape index (κ3) is 4.89. The fraction of sp³-hybridized carbons (Fsp3) is 1.00. The van der Waals surface area contributed by atoms with Crippen molar-refractivity contribution in [1.82, 2.24) is 5.32 Å². The van der Waals surface area contributed by atoms with Gasteiger partial charge in [-0.25, -0.2) is 0 Å². The van der Waals surface area contributed by atoms with Crippen molar-refractivity contribution in [3.63, 3.8) is 0 Å². The first-order chi connectivity index (χ1) is 6.33. The van der Waals surface area contributed by atoms with E-state index in [1.165, 1.54) is 18.6 Å². The summed E-state index contributed by atoms with van der Waals surface area (Å²) < 4.78 is 5.41. The highest BCUT2D eigenvalue weighted by atomic mass is 32.2. The quantitative estimate of drug-likeness (QED) is 0.735. The Hall–Kier alpha value is 0.270. The highest BCUT2D eigenvalue weighted by Crippen LogP contribution is 2.08. The van der Waals surface area contributed by atoms with E-state index in [0.29, 0.717) is 6.04 Å². The molecule has 1 aliphatic rings. The molecule has 0 aromatic carbocycles. The van der Waals surface area contributed by atoms with Gasteiger partial charge in [-0.1, -0.05) is 6.92 Å². The van der Waals surface area contributed by atoms with Crippen molar-refractivity contribution >= 4 is 11.8 Å². The molecular formula is C10H21NOS. The molecule has 1 N–H and O–H groups in total. The minimum atomic E-state index is 0.609. The molecule has 2 unspecified atom stereocenters. The zero-order valence-electron chi connectivity index (χ0n) is 8.71. The maximum atomic E-state index is 5.41. The van der Waals surface area contributed by atoms with Gasteiger partial charge in [-0.2, -0.15) is 11.8 Å². The number of nitrogens with one attached hydrogen (secondary N) is 1. The van der Waals surface area contributed by atoms with Gasteiger partial charge in [0.15, 0.2) is 0 Å². The molecule has 0 bridgehead atoms. The van der Waals surface area contributed by atoms with Crippen molar-refractivity contribution in [2.24, 2.45) is 5.92 Å². The number of ether oxygens (including phenoxy) is 1. The third-order valence-corrected chi connectivity index (χ3v) is 3.27. The number of rotatable bonds is 5. The summed E-state index contributed by atoms with van der Waals surface area (Å²) in [5, 5.41) is 3.57. The maximum Gasteiger partial charge on any atom is 0.0619 e. The molecule has 1 saturated heterocycles. The summed E-state index contributed by atoms with van der Waals surface area (Å²) in [6.45, 7) is 5.30. The summed E-state index contributed by atoms with van der Waals surface area (Å²) in [7, 11) is 0. The van der Waals surface area contributed by atoms with Crippen LogP contribution in [-0.2, 0) is 4.74 Å². The second kappa shape index (κ2) is 6.68. The van der Waals surface area contributed by atoms with E-state index in [1.54, 1.807) is 0 Å². The first-order valence-electron chi connectivity index (χ1n) is 5.13. The summed E-state index contributed by atoms with van der Waals surface area (Å²) >= 11 is 1.93. The van der Waals surface area contributed by atoms with Crippen molar-refractivity contribution in [3.05, 3.63) is 0 Å². The van der Waals surface area contributed by atoms with Gasteiger partial charge in [-0.15, -0.1) is 0 Å². The van der Waals surface area contributed by atoms with Gasteiger partial charge >= 0.3 is 0 Å². The molecule has 1 fully saturated rings. The third-order valence-electron chi connectivity index (χ3n) is 2.37. The van der Waals surface area contributed by atoms with Gasteiger partial charge in [0.25, 0.3) is 0 Å². The highest BCUT2D eigenvalue weighted by molar-refractivity contribution is 7.98. The van der Waals surface area contributed by atoms with E-state index in [-0.39, 0.29) is 0 Å². The Balaban J connectivity index is 2.03. The lowest BCUT2D eigenvalue weighted by molar-refractivity contribution is 0.0696. The number of hydrogen-bond acceptors (Lipinski definition) is 3. The Morgan fingerprint density at radius 2 is 2.46 bits per heavy atom. The molecule has 0 spiro atoms. The SMILES string of the molecule is CSCC(C)CNC1CCCOC1. The van der Waals surface area contributed by atoms with Crippen molar-refractivity contribution in [2.75, 3.05) is 31.8 Å². The first-order valence-corrected chi connectivity index (χ1v) is 6.52. The fourth-order valence-corrected chi connectivity index (χ4v) is 2.30. The predicted octanol–water partition coefficient (Wildman–Crippen LogP) is 1.75. The smallest absolute Gasteiger partial charge is 0.0619 e. The van der Waals surface area contributed by atoms with Crippen LogP contribution in [-0.4, -0.2) is 37.8 Å².